The lowest BCUT2D eigenvalue weighted by Crippen LogP contribution is -2.25. The smallest absolute Gasteiger partial charge is 0.128 e. The number of halogens is 1. The lowest BCUT2D eigenvalue weighted by molar-refractivity contribution is 0.162. The van der Waals surface area contributed by atoms with Crippen molar-refractivity contribution in [3.63, 3.8) is 0 Å². The Morgan fingerprint density at radius 3 is 2.64 bits per heavy atom. The van der Waals surface area contributed by atoms with Gasteiger partial charge in [0.1, 0.15) is 5.82 Å². The fraction of sp³-hybridized carbons (Fsp3) is 0.455. The van der Waals surface area contributed by atoms with Crippen molar-refractivity contribution >= 4 is 0 Å². The molecule has 0 heterocycles. The van der Waals surface area contributed by atoms with E-state index in [0.29, 0.717) is 12.0 Å². The van der Waals surface area contributed by atoms with Crippen LogP contribution in [-0.4, -0.2) is 11.2 Å². The van der Waals surface area contributed by atoms with Gasteiger partial charge in [-0.1, -0.05) is 19.1 Å². The zero-order chi connectivity index (χ0) is 10.7. The van der Waals surface area contributed by atoms with E-state index >= 15 is 0 Å². The maximum Gasteiger partial charge on any atom is 0.128 e. The molecular formula is C11H16FNO. The van der Waals surface area contributed by atoms with Crippen LogP contribution in [0.15, 0.2) is 18.2 Å². The molecule has 0 saturated carbocycles. The van der Waals surface area contributed by atoms with E-state index in [2.05, 4.69) is 0 Å². The minimum atomic E-state index is -0.739. The molecule has 0 amide bonds. The SMILES string of the molecule is CCc1cccc(F)c1[C@@H](N)[C@@H](C)O. The highest BCUT2D eigenvalue weighted by molar-refractivity contribution is 5.31. The average Bonchev–Trinajstić information content (AvgIpc) is 2.16. The number of rotatable bonds is 3. The molecule has 78 valence electrons. The van der Waals surface area contributed by atoms with E-state index in [0.717, 1.165) is 5.56 Å². The zero-order valence-corrected chi connectivity index (χ0v) is 8.50. The fourth-order valence-corrected chi connectivity index (χ4v) is 1.50. The Morgan fingerprint density at radius 1 is 1.50 bits per heavy atom. The molecule has 0 bridgehead atoms. The summed E-state index contributed by atoms with van der Waals surface area (Å²) in [6.07, 6.45) is -0.0229. The van der Waals surface area contributed by atoms with E-state index in [4.69, 9.17) is 5.73 Å². The second-order valence-corrected chi connectivity index (χ2v) is 3.43. The van der Waals surface area contributed by atoms with Crippen molar-refractivity contribution in [1.82, 2.24) is 0 Å². The molecule has 0 aliphatic carbocycles. The molecule has 1 aromatic carbocycles. The largest absolute Gasteiger partial charge is 0.391 e. The van der Waals surface area contributed by atoms with Crippen LogP contribution >= 0.6 is 0 Å². The molecule has 0 aliphatic heterocycles. The van der Waals surface area contributed by atoms with E-state index in [-0.39, 0.29) is 5.82 Å². The molecular weight excluding hydrogens is 181 g/mol. The second-order valence-electron chi connectivity index (χ2n) is 3.43. The number of nitrogens with two attached hydrogens (primary N) is 1. The van der Waals surface area contributed by atoms with Gasteiger partial charge in [-0.25, -0.2) is 4.39 Å². The summed E-state index contributed by atoms with van der Waals surface area (Å²) >= 11 is 0. The van der Waals surface area contributed by atoms with Crippen molar-refractivity contribution in [2.45, 2.75) is 32.4 Å². The molecule has 0 unspecified atom stereocenters. The molecule has 0 aliphatic rings. The highest BCUT2D eigenvalue weighted by Gasteiger charge is 2.18. The summed E-state index contributed by atoms with van der Waals surface area (Å²) in [5.74, 6) is -0.335. The molecule has 2 atom stereocenters. The Balaban J connectivity index is 3.16. The summed E-state index contributed by atoms with van der Waals surface area (Å²) in [5, 5.41) is 9.33. The average molecular weight is 197 g/mol. The van der Waals surface area contributed by atoms with E-state index in [1.54, 1.807) is 13.0 Å². The number of aliphatic hydroxyl groups excluding tert-OH is 1. The summed E-state index contributed by atoms with van der Waals surface area (Å²) in [5.41, 5.74) is 7.02. The Hall–Kier alpha value is -0.930. The quantitative estimate of drug-likeness (QED) is 0.775. The van der Waals surface area contributed by atoms with Gasteiger partial charge >= 0.3 is 0 Å². The van der Waals surface area contributed by atoms with Gasteiger partial charge in [-0.05, 0) is 25.0 Å². The first-order valence-corrected chi connectivity index (χ1v) is 4.78. The Labute approximate surface area is 83.6 Å². The standard InChI is InChI=1S/C11H16FNO/c1-3-8-5-4-6-9(12)10(8)11(13)7(2)14/h4-7,11,14H,3,13H2,1-2H3/t7-,11+/m1/s1. The normalized spacial score (nSPS) is 15.2. The van der Waals surface area contributed by atoms with Crippen molar-refractivity contribution in [3.8, 4) is 0 Å². The Morgan fingerprint density at radius 2 is 2.14 bits per heavy atom. The molecule has 0 spiro atoms. The third kappa shape index (κ3) is 2.11. The lowest BCUT2D eigenvalue weighted by atomic mass is 9.95. The molecule has 2 nitrogen and oxygen atoms in total. The minimum absolute atomic E-state index is 0.335. The van der Waals surface area contributed by atoms with E-state index in [1.807, 2.05) is 13.0 Å². The van der Waals surface area contributed by atoms with Crippen LogP contribution in [0, 0.1) is 5.82 Å². The maximum absolute atomic E-state index is 13.5. The number of hydrogen-bond donors (Lipinski definition) is 2. The highest BCUT2D eigenvalue weighted by Crippen LogP contribution is 2.22. The predicted octanol–water partition coefficient (Wildman–Crippen LogP) is 1.77. The van der Waals surface area contributed by atoms with Gasteiger partial charge < -0.3 is 10.8 Å². The molecule has 0 fully saturated rings. The van der Waals surface area contributed by atoms with Gasteiger partial charge in [-0.15, -0.1) is 0 Å². The molecule has 14 heavy (non-hydrogen) atoms. The number of aliphatic hydroxyl groups is 1. The lowest BCUT2D eigenvalue weighted by Gasteiger charge is -2.19. The van der Waals surface area contributed by atoms with Gasteiger partial charge in [0.2, 0.25) is 0 Å². The molecule has 3 N–H and O–H groups in total. The van der Waals surface area contributed by atoms with Crippen molar-refractivity contribution in [3.05, 3.63) is 35.1 Å². The summed E-state index contributed by atoms with van der Waals surface area (Å²) in [6.45, 7) is 3.50. The monoisotopic (exact) mass is 197 g/mol. The van der Waals surface area contributed by atoms with Crippen molar-refractivity contribution in [2.24, 2.45) is 5.73 Å². The summed E-state index contributed by atoms with van der Waals surface area (Å²) < 4.78 is 13.5. The first kappa shape index (κ1) is 11.1. The summed E-state index contributed by atoms with van der Waals surface area (Å²) in [6, 6.07) is 4.22. The molecule has 0 radical (unpaired) electrons. The fourth-order valence-electron chi connectivity index (χ4n) is 1.50. The van der Waals surface area contributed by atoms with Crippen molar-refractivity contribution in [1.29, 1.82) is 0 Å². The van der Waals surface area contributed by atoms with Crippen molar-refractivity contribution < 1.29 is 9.50 Å². The first-order chi connectivity index (χ1) is 6.57. The third-order valence-electron chi connectivity index (χ3n) is 2.38. The summed E-state index contributed by atoms with van der Waals surface area (Å²) in [7, 11) is 0. The third-order valence-corrected chi connectivity index (χ3v) is 2.38. The van der Waals surface area contributed by atoms with E-state index in [9.17, 15) is 9.50 Å². The van der Waals surface area contributed by atoms with Crippen LogP contribution in [0.25, 0.3) is 0 Å². The van der Waals surface area contributed by atoms with Crippen LogP contribution in [-0.2, 0) is 6.42 Å². The van der Waals surface area contributed by atoms with Crippen LogP contribution in [0.4, 0.5) is 4.39 Å². The van der Waals surface area contributed by atoms with Crippen LogP contribution in [0.3, 0.4) is 0 Å². The van der Waals surface area contributed by atoms with Gasteiger partial charge in [-0.3, -0.25) is 0 Å². The number of aryl methyl sites for hydroxylation is 1. The van der Waals surface area contributed by atoms with Crippen LogP contribution in [0.1, 0.15) is 31.0 Å². The van der Waals surface area contributed by atoms with Crippen molar-refractivity contribution in [2.75, 3.05) is 0 Å². The summed E-state index contributed by atoms with van der Waals surface area (Å²) in [4.78, 5) is 0. The topological polar surface area (TPSA) is 46.2 Å². The molecule has 1 aromatic rings. The maximum atomic E-state index is 13.5. The van der Waals surface area contributed by atoms with Crippen LogP contribution < -0.4 is 5.73 Å². The first-order valence-electron chi connectivity index (χ1n) is 4.78. The van der Waals surface area contributed by atoms with Gasteiger partial charge in [-0.2, -0.15) is 0 Å². The Bertz CT molecular complexity index is 312. The highest BCUT2D eigenvalue weighted by atomic mass is 19.1. The van der Waals surface area contributed by atoms with Gasteiger partial charge in [0, 0.05) is 5.56 Å². The zero-order valence-electron chi connectivity index (χ0n) is 8.50. The molecule has 0 aromatic heterocycles. The second kappa shape index (κ2) is 4.53. The van der Waals surface area contributed by atoms with E-state index < -0.39 is 12.1 Å². The molecule has 1 rings (SSSR count). The number of benzene rings is 1. The van der Waals surface area contributed by atoms with Gasteiger partial charge in [0.05, 0.1) is 12.1 Å². The minimum Gasteiger partial charge on any atom is -0.391 e. The number of hydrogen-bond acceptors (Lipinski definition) is 2. The molecule has 0 saturated heterocycles. The Kier molecular flexibility index (Phi) is 3.61. The van der Waals surface area contributed by atoms with Gasteiger partial charge in [0.15, 0.2) is 0 Å². The molecule has 3 heteroatoms. The predicted molar refractivity (Wildman–Crippen MR) is 54.4 cm³/mol. The van der Waals surface area contributed by atoms with Crippen LogP contribution in [0.5, 0.6) is 0 Å². The van der Waals surface area contributed by atoms with E-state index in [1.165, 1.54) is 6.07 Å². The van der Waals surface area contributed by atoms with Gasteiger partial charge in [0.25, 0.3) is 0 Å². The van der Waals surface area contributed by atoms with Crippen LogP contribution in [0.2, 0.25) is 0 Å².